The van der Waals surface area contributed by atoms with Crippen LogP contribution < -0.4 is 0 Å². The maximum atomic E-state index is 2.46. The molecule has 0 spiro atoms. The highest BCUT2D eigenvalue weighted by atomic mass is 14.3. The van der Waals surface area contributed by atoms with Crippen LogP contribution in [0.3, 0.4) is 0 Å². The summed E-state index contributed by atoms with van der Waals surface area (Å²) in [5.41, 5.74) is 13.6. The van der Waals surface area contributed by atoms with Gasteiger partial charge in [-0.1, -0.05) is 140 Å². The van der Waals surface area contributed by atoms with E-state index < -0.39 is 0 Å². The Bertz CT molecular complexity index is 2660. The van der Waals surface area contributed by atoms with Gasteiger partial charge >= 0.3 is 0 Å². The quantitative estimate of drug-likeness (QED) is 0.175. The number of rotatable bonds is 3. The Morgan fingerprint density at radius 3 is 1.79 bits per heavy atom. The van der Waals surface area contributed by atoms with Gasteiger partial charge in [0.1, 0.15) is 0 Å². The Balaban J connectivity index is 1.18. The lowest BCUT2D eigenvalue weighted by molar-refractivity contribution is 0.991. The van der Waals surface area contributed by atoms with E-state index in [1.54, 1.807) is 0 Å². The predicted molar refractivity (Wildman–Crippen MR) is 207 cm³/mol. The van der Waals surface area contributed by atoms with E-state index in [2.05, 4.69) is 158 Å². The smallest absolute Gasteiger partial charge is 0.00295 e. The lowest BCUT2D eigenvalue weighted by Crippen LogP contribution is -2.02. The normalized spacial score (nSPS) is 13.8. The number of hydrogen-bond donors (Lipinski definition) is 0. The molecule has 0 heterocycles. The molecule has 10 rings (SSSR count). The molecule has 2 aliphatic carbocycles. The number of aryl methyl sites for hydroxylation is 1. The highest BCUT2D eigenvalue weighted by Crippen LogP contribution is 2.46. The van der Waals surface area contributed by atoms with Crippen LogP contribution in [0.4, 0.5) is 0 Å². The Labute approximate surface area is 281 Å². The predicted octanol–water partition coefficient (Wildman–Crippen LogP) is 13.2. The molecule has 0 aromatic heterocycles. The van der Waals surface area contributed by atoms with Crippen molar-refractivity contribution in [2.75, 3.05) is 0 Å². The van der Waals surface area contributed by atoms with Crippen LogP contribution in [0.15, 0.2) is 146 Å². The first kappa shape index (κ1) is 27.4. The van der Waals surface area contributed by atoms with Crippen molar-refractivity contribution < 1.29 is 0 Å². The summed E-state index contributed by atoms with van der Waals surface area (Å²) in [6, 6.07) is 50.0. The van der Waals surface area contributed by atoms with Crippen molar-refractivity contribution in [1.29, 1.82) is 0 Å². The SMILES string of the molecule is C1=Cc2c(c(-c3cccc(-c4ccc5c(c4)c4c(c6ccccc65)C=CCC4)c3)c3ccccc3c2-c2ccc3ccccc3c2)CC1. The Kier molecular flexibility index (Phi) is 6.24. The van der Waals surface area contributed by atoms with E-state index in [0.29, 0.717) is 0 Å². The molecule has 0 unspecified atom stereocenters. The van der Waals surface area contributed by atoms with Gasteiger partial charge in [-0.3, -0.25) is 0 Å². The summed E-state index contributed by atoms with van der Waals surface area (Å²) in [5, 5.41) is 10.7. The summed E-state index contributed by atoms with van der Waals surface area (Å²) < 4.78 is 0. The van der Waals surface area contributed by atoms with Gasteiger partial charge in [0.15, 0.2) is 0 Å². The topological polar surface area (TPSA) is 0 Å². The highest BCUT2D eigenvalue weighted by Gasteiger charge is 2.22. The fourth-order valence-corrected chi connectivity index (χ4v) is 8.58. The molecule has 0 aliphatic heterocycles. The van der Waals surface area contributed by atoms with E-state index in [4.69, 9.17) is 0 Å². The minimum atomic E-state index is 1.04. The average molecular weight is 611 g/mol. The van der Waals surface area contributed by atoms with E-state index in [1.165, 1.54) is 98.7 Å². The third-order valence-corrected chi connectivity index (χ3v) is 10.8. The van der Waals surface area contributed by atoms with Crippen molar-refractivity contribution in [2.45, 2.75) is 25.7 Å². The molecule has 0 fully saturated rings. The van der Waals surface area contributed by atoms with E-state index >= 15 is 0 Å². The van der Waals surface area contributed by atoms with E-state index in [0.717, 1.165) is 25.7 Å². The summed E-state index contributed by atoms with van der Waals surface area (Å²) in [5.74, 6) is 0. The van der Waals surface area contributed by atoms with Crippen LogP contribution in [-0.2, 0) is 12.8 Å². The molecular formula is C48H34. The number of benzene rings is 8. The Morgan fingerprint density at radius 2 is 0.938 bits per heavy atom. The first-order valence-electron chi connectivity index (χ1n) is 17.3. The zero-order chi connectivity index (χ0) is 31.6. The monoisotopic (exact) mass is 610 g/mol. The van der Waals surface area contributed by atoms with Gasteiger partial charge in [0, 0.05) is 0 Å². The molecule has 48 heavy (non-hydrogen) atoms. The van der Waals surface area contributed by atoms with Gasteiger partial charge in [-0.15, -0.1) is 0 Å². The molecule has 0 atom stereocenters. The van der Waals surface area contributed by atoms with Crippen molar-refractivity contribution in [3.8, 4) is 33.4 Å². The van der Waals surface area contributed by atoms with Crippen molar-refractivity contribution in [2.24, 2.45) is 0 Å². The van der Waals surface area contributed by atoms with Crippen LogP contribution in [0.5, 0.6) is 0 Å². The first-order valence-corrected chi connectivity index (χ1v) is 17.3. The largest absolute Gasteiger partial charge is 0.0836 e. The molecule has 0 heteroatoms. The standard InChI is InChI=1S/C48H34/c1-2-13-32-28-36(25-24-31(32)12-1)48-44-22-9-7-20-42(44)47(43-21-8-10-23-45(43)48)35-15-11-14-33(29-35)34-26-27-41-39-18-4-3-16-37(39)38-17-5-6-19-40(38)46(41)30-34/h1-5,7,9-18,20,22-30H,6,8,19,21H2. The van der Waals surface area contributed by atoms with E-state index in [-0.39, 0.29) is 0 Å². The summed E-state index contributed by atoms with van der Waals surface area (Å²) in [6.07, 6.45) is 13.7. The molecule has 0 bridgehead atoms. The summed E-state index contributed by atoms with van der Waals surface area (Å²) in [4.78, 5) is 0. The molecule has 226 valence electrons. The molecule has 0 saturated carbocycles. The van der Waals surface area contributed by atoms with Gasteiger partial charge in [0.2, 0.25) is 0 Å². The zero-order valence-corrected chi connectivity index (χ0v) is 26.8. The lowest BCUT2D eigenvalue weighted by atomic mass is 9.79. The molecule has 0 N–H and O–H groups in total. The number of fused-ring (bicyclic) bond motifs is 9. The van der Waals surface area contributed by atoms with Gasteiger partial charge in [-0.25, -0.2) is 0 Å². The lowest BCUT2D eigenvalue weighted by Gasteiger charge is -2.24. The first-order chi connectivity index (χ1) is 23.8. The maximum absolute atomic E-state index is 2.46. The third-order valence-electron chi connectivity index (χ3n) is 10.8. The number of hydrogen-bond acceptors (Lipinski definition) is 0. The Morgan fingerprint density at radius 1 is 0.333 bits per heavy atom. The van der Waals surface area contributed by atoms with Crippen molar-refractivity contribution >= 4 is 55.2 Å². The van der Waals surface area contributed by atoms with Gasteiger partial charge in [0.25, 0.3) is 0 Å². The van der Waals surface area contributed by atoms with Crippen LogP contribution in [0, 0.1) is 0 Å². The second-order valence-electron chi connectivity index (χ2n) is 13.4. The van der Waals surface area contributed by atoms with Gasteiger partial charge in [-0.05, 0) is 143 Å². The fraction of sp³-hybridized carbons (Fsp3) is 0.0833. The second-order valence-corrected chi connectivity index (χ2v) is 13.4. The van der Waals surface area contributed by atoms with Crippen LogP contribution in [0.25, 0.3) is 88.6 Å². The summed E-state index contributed by atoms with van der Waals surface area (Å²) in [6.45, 7) is 0. The second kappa shape index (κ2) is 10.9. The molecule has 0 radical (unpaired) electrons. The minimum absolute atomic E-state index is 1.04. The van der Waals surface area contributed by atoms with Crippen LogP contribution in [-0.4, -0.2) is 0 Å². The van der Waals surface area contributed by atoms with Crippen molar-refractivity contribution in [3.63, 3.8) is 0 Å². The van der Waals surface area contributed by atoms with E-state index in [1.807, 2.05) is 0 Å². The highest BCUT2D eigenvalue weighted by molar-refractivity contribution is 6.14. The van der Waals surface area contributed by atoms with Crippen LogP contribution in [0.2, 0.25) is 0 Å². The molecule has 2 aliphatic rings. The fourth-order valence-electron chi connectivity index (χ4n) is 8.58. The average Bonchev–Trinajstić information content (AvgIpc) is 3.16. The minimum Gasteiger partial charge on any atom is -0.0836 e. The Hall–Kier alpha value is -5.72. The zero-order valence-electron chi connectivity index (χ0n) is 26.8. The molecule has 8 aromatic carbocycles. The van der Waals surface area contributed by atoms with Gasteiger partial charge in [0.05, 0.1) is 0 Å². The van der Waals surface area contributed by atoms with Crippen LogP contribution >= 0.6 is 0 Å². The van der Waals surface area contributed by atoms with Crippen molar-refractivity contribution in [1.82, 2.24) is 0 Å². The molecular weight excluding hydrogens is 577 g/mol. The molecule has 0 amide bonds. The van der Waals surface area contributed by atoms with Gasteiger partial charge < -0.3 is 0 Å². The molecule has 0 nitrogen and oxygen atoms in total. The summed E-state index contributed by atoms with van der Waals surface area (Å²) in [7, 11) is 0. The van der Waals surface area contributed by atoms with Gasteiger partial charge in [-0.2, -0.15) is 0 Å². The molecule has 8 aromatic rings. The third kappa shape index (κ3) is 4.23. The number of allylic oxidation sites excluding steroid dienone is 2. The summed E-state index contributed by atoms with van der Waals surface area (Å²) >= 11 is 0. The van der Waals surface area contributed by atoms with Crippen molar-refractivity contribution in [3.05, 3.63) is 168 Å². The van der Waals surface area contributed by atoms with E-state index in [9.17, 15) is 0 Å². The molecule has 0 saturated heterocycles. The van der Waals surface area contributed by atoms with Crippen LogP contribution in [0.1, 0.15) is 35.1 Å². The maximum Gasteiger partial charge on any atom is -0.00295 e.